The lowest BCUT2D eigenvalue weighted by atomic mass is 9.78. The van der Waals surface area contributed by atoms with Crippen LogP contribution in [0.25, 0.3) is 11.1 Å². The van der Waals surface area contributed by atoms with E-state index in [0.29, 0.717) is 29.7 Å². The molecule has 0 aromatic heterocycles. The van der Waals surface area contributed by atoms with Crippen LogP contribution in [0.4, 0.5) is 18.9 Å². The lowest BCUT2D eigenvalue weighted by Crippen LogP contribution is -2.27. The Morgan fingerprint density at radius 3 is 1.96 bits per heavy atom. The maximum Gasteiger partial charge on any atom is 0.573 e. The highest BCUT2D eigenvalue weighted by atomic mass is 19.4. The number of aliphatic carboxylic acids is 1. The van der Waals surface area contributed by atoms with Gasteiger partial charge in [-0.05, 0) is 103 Å². The number of anilines is 1. The van der Waals surface area contributed by atoms with E-state index in [0.717, 1.165) is 27.8 Å². The molecular weight excluding hydrogens is 621 g/mol. The molecule has 10 heteroatoms. The van der Waals surface area contributed by atoms with Crippen molar-refractivity contribution in [2.24, 2.45) is 0 Å². The number of rotatable bonds is 13. The molecule has 0 saturated carbocycles. The molecule has 4 aromatic carbocycles. The van der Waals surface area contributed by atoms with Crippen molar-refractivity contribution in [3.8, 4) is 16.9 Å². The fourth-order valence-corrected chi connectivity index (χ4v) is 6.12. The Bertz CT molecular complexity index is 1710. The van der Waals surface area contributed by atoms with Crippen molar-refractivity contribution >= 4 is 23.5 Å². The van der Waals surface area contributed by atoms with E-state index in [2.05, 4.69) is 48.3 Å². The summed E-state index contributed by atoms with van der Waals surface area (Å²) in [5.41, 5.74) is 7.76. The summed E-state index contributed by atoms with van der Waals surface area (Å²) in [6, 6.07) is 23.8. The highest BCUT2D eigenvalue weighted by Crippen LogP contribution is 2.39. The first-order valence-corrected chi connectivity index (χ1v) is 15.7. The molecule has 7 nitrogen and oxygen atoms in total. The largest absolute Gasteiger partial charge is 0.573 e. The van der Waals surface area contributed by atoms with E-state index >= 15 is 0 Å². The van der Waals surface area contributed by atoms with E-state index in [1.807, 2.05) is 31.2 Å². The number of ether oxygens (including phenoxy) is 1. The fraction of sp³-hybridized carbons (Fsp3) is 0.289. The van der Waals surface area contributed by atoms with Crippen molar-refractivity contribution in [2.45, 2.75) is 65.2 Å². The normalized spacial score (nSPS) is 12.6. The van der Waals surface area contributed by atoms with Gasteiger partial charge in [-0.15, -0.1) is 13.2 Å². The number of carbonyl (C=O) groups excluding carboxylic acids is 2. The van der Waals surface area contributed by atoms with Crippen LogP contribution in [-0.4, -0.2) is 35.8 Å². The average molecular weight is 661 g/mol. The van der Waals surface area contributed by atoms with Crippen molar-refractivity contribution in [1.82, 2.24) is 5.32 Å². The van der Waals surface area contributed by atoms with Crippen LogP contribution >= 0.6 is 0 Å². The zero-order valence-corrected chi connectivity index (χ0v) is 27.3. The molecule has 0 radical (unpaired) electrons. The number of nitrogens with one attached hydrogen (secondary N) is 2. The van der Waals surface area contributed by atoms with Gasteiger partial charge in [0.05, 0.1) is 12.3 Å². The lowest BCUT2D eigenvalue weighted by Gasteiger charge is -2.28. The molecule has 2 amide bonds. The van der Waals surface area contributed by atoms with Crippen molar-refractivity contribution in [3.05, 3.63) is 118 Å². The summed E-state index contributed by atoms with van der Waals surface area (Å²) in [6.07, 6.45) is -3.80. The van der Waals surface area contributed by atoms with E-state index in [1.54, 1.807) is 24.3 Å². The number of alkyl halides is 3. The van der Waals surface area contributed by atoms with Gasteiger partial charge in [0, 0.05) is 17.8 Å². The number of amides is 2. The molecule has 0 spiro atoms. The van der Waals surface area contributed by atoms with Gasteiger partial charge >= 0.3 is 12.3 Å². The predicted octanol–water partition coefficient (Wildman–Crippen LogP) is 8.69. The van der Waals surface area contributed by atoms with Crippen LogP contribution in [-0.2, 0) is 9.59 Å². The summed E-state index contributed by atoms with van der Waals surface area (Å²) >= 11 is 0. The Labute approximate surface area is 278 Å². The van der Waals surface area contributed by atoms with Gasteiger partial charge in [-0.3, -0.25) is 14.4 Å². The minimum Gasteiger partial charge on any atom is -0.481 e. The molecule has 0 saturated heterocycles. The third-order valence-corrected chi connectivity index (χ3v) is 8.10. The first kappa shape index (κ1) is 35.7. The maximum absolute atomic E-state index is 14.1. The van der Waals surface area contributed by atoms with E-state index in [4.69, 9.17) is 5.11 Å². The first-order valence-electron chi connectivity index (χ1n) is 15.7. The van der Waals surface area contributed by atoms with E-state index in [1.165, 1.54) is 29.8 Å². The third-order valence-electron chi connectivity index (χ3n) is 8.10. The Hall–Kier alpha value is -5.12. The average Bonchev–Trinajstić information content (AvgIpc) is 3.01. The second-order valence-electron chi connectivity index (χ2n) is 11.9. The number of benzene rings is 4. The highest BCUT2D eigenvalue weighted by Gasteiger charge is 2.33. The topological polar surface area (TPSA) is 105 Å². The standard InChI is InChI=1S/C38H39F3N2O5/c1-5-6-32(26-7-9-29(10-8-26)36(46)42-20-19-33(44)45)35(28-13-17-31(18-14-28)48-38(39,40)41)37(47)43-30-15-11-27(12-16-30)34-24(3)21-23(2)22-25(34)4/h7-18,21-22,32,35H,5-6,19-20H2,1-4H3,(H,42,46)(H,43,47)(H,44,45)/t32-,35?/m0/s1. The molecule has 48 heavy (non-hydrogen) atoms. The van der Waals surface area contributed by atoms with Gasteiger partial charge in [-0.25, -0.2) is 0 Å². The first-order chi connectivity index (χ1) is 22.8. The summed E-state index contributed by atoms with van der Waals surface area (Å²) < 4.78 is 42.7. The Morgan fingerprint density at radius 2 is 1.42 bits per heavy atom. The van der Waals surface area contributed by atoms with Crippen LogP contribution in [0.15, 0.2) is 84.9 Å². The molecular formula is C38H39F3N2O5. The van der Waals surface area contributed by atoms with Gasteiger partial charge in [0.1, 0.15) is 5.75 Å². The van der Waals surface area contributed by atoms with Crippen LogP contribution in [0.5, 0.6) is 5.75 Å². The SMILES string of the molecule is CCC[C@@H](c1ccc(C(=O)NCCC(=O)O)cc1)C(C(=O)Nc1ccc(-c2c(C)cc(C)cc2C)cc1)c1ccc(OC(F)(F)F)cc1. The van der Waals surface area contributed by atoms with Crippen molar-refractivity contribution in [3.63, 3.8) is 0 Å². The van der Waals surface area contributed by atoms with E-state index in [9.17, 15) is 27.6 Å². The van der Waals surface area contributed by atoms with Crippen molar-refractivity contribution < 1.29 is 37.4 Å². The molecule has 1 unspecified atom stereocenters. The number of hydrogen-bond donors (Lipinski definition) is 3. The van der Waals surface area contributed by atoms with Gasteiger partial charge in [0.15, 0.2) is 0 Å². The van der Waals surface area contributed by atoms with Gasteiger partial charge in [0.2, 0.25) is 5.91 Å². The van der Waals surface area contributed by atoms with Crippen LogP contribution in [0.2, 0.25) is 0 Å². The molecule has 4 rings (SSSR count). The smallest absolute Gasteiger partial charge is 0.481 e. The highest BCUT2D eigenvalue weighted by molar-refractivity contribution is 5.97. The summed E-state index contributed by atoms with van der Waals surface area (Å²) in [6.45, 7) is 8.13. The summed E-state index contributed by atoms with van der Waals surface area (Å²) in [5, 5.41) is 14.4. The number of halogens is 3. The molecule has 0 bridgehead atoms. The summed E-state index contributed by atoms with van der Waals surface area (Å²) in [7, 11) is 0. The predicted molar refractivity (Wildman–Crippen MR) is 179 cm³/mol. The second-order valence-corrected chi connectivity index (χ2v) is 11.9. The van der Waals surface area contributed by atoms with Crippen molar-refractivity contribution in [1.29, 1.82) is 0 Å². The number of carboxylic acids is 1. The van der Waals surface area contributed by atoms with Crippen LogP contribution < -0.4 is 15.4 Å². The zero-order valence-electron chi connectivity index (χ0n) is 27.3. The molecule has 0 heterocycles. The zero-order chi connectivity index (χ0) is 35.0. The van der Waals surface area contributed by atoms with Gasteiger partial charge < -0.3 is 20.5 Å². The van der Waals surface area contributed by atoms with Gasteiger partial charge in [0.25, 0.3) is 5.91 Å². The van der Waals surface area contributed by atoms with Crippen LogP contribution in [0.1, 0.15) is 76.2 Å². The molecule has 4 aromatic rings. The molecule has 252 valence electrons. The Balaban J connectivity index is 1.65. The molecule has 0 aliphatic rings. The van der Waals surface area contributed by atoms with Gasteiger partial charge in [-0.2, -0.15) is 0 Å². The quantitative estimate of drug-likeness (QED) is 0.133. The monoisotopic (exact) mass is 660 g/mol. The summed E-state index contributed by atoms with van der Waals surface area (Å²) in [5.74, 6) is -3.39. The second kappa shape index (κ2) is 15.6. The minimum absolute atomic E-state index is 0.0180. The number of aryl methyl sites for hydroxylation is 3. The number of hydrogen-bond acceptors (Lipinski definition) is 4. The lowest BCUT2D eigenvalue weighted by molar-refractivity contribution is -0.274. The van der Waals surface area contributed by atoms with E-state index in [-0.39, 0.29) is 18.9 Å². The third kappa shape index (κ3) is 9.47. The Kier molecular flexibility index (Phi) is 11.6. The van der Waals surface area contributed by atoms with Crippen LogP contribution in [0, 0.1) is 20.8 Å². The maximum atomic E-state index is 14.1. The van der Waals surface area contributed by atoms with E-state index < -0.39 is 35.8 Å². The van der Waals surface area contributed by atoms with Crippen LogP contribution in [0.3, 0.4) is 0 Å². The molecule has 0 aliphatic heterocycles. The summed E-state index contributed by atoms with van der Waals surface area (Å²) in [4.78, 5) is 37.5. The van der Waals surface area contributed by atoms with Crippen molar-refractivity contribution in [2.75, 3.05) is 11.9 Å². The minimum atomic E-state index is -4.85. The molecule has 2 atom stereocenters. The molecule has 0 aliphatic carbocycles. The Morgan fingerprint density at radius 1 is 0.833 bits per heavy atom. The molecule has 0 fully saturated rings. The molecule has 3 N–H and O–H groups in total. The van der Waals surface area contributed by atoms with Gasteiger partial charge in [-0.1, -0.05) is 67.4 Å². The number of carbonyl (C=O) groups is 3. The number of carboxylic acid groups (broad SMARTS) is 1. The fourth-order valence-electron chi connectivity index (χ4n) is 6.12.